The van der Waals surface area contributed by atoms with E-state index in [-0.39, 0.29) is 18.9 Å². The van der Waals surface area contributed by atoms with Crippen molar-refractivity contribution < 1.29 is 33.6 Å². The van der Waals surface area contributed by atoms with Gasteiger partial charge in [-0.05, 0) is 24.6 Å². The fourth-order valence-electron chi connectivity index (χ4n) is 6.38. The van der Waals surface area contributed by atoms with Gasteiger partial charge >= 0.3 is 5.97 Å². The number of methoxy groups -OCH3 is 1. The minimum atomic E-state index is -1.78. The summed E-state index contributed by atoms with van der Waals surface area (Å²) >= 11 is 0. The van der Waals surface area contributed by atoms with Gasteiger partial charge in [0.2, 0.25) is 0 Å². The van der Waals surface area contributed by atoms with E-state index >= 15 is 0 Å². The van der Waals surface area contributed by atoms with Crippen LogP contribution in [0.1, 0.15) is 24.5 Å². The highest BCUT2D eigenvalue weighted by Gasteiger charge is 2.78. The molecule has 2 N–H and O–H groups in total. The lowest BCUT2D eigenvalue weighted by molar-refractivity contribution is -0.263. The zero-order valence-electron chi connectivity index (χ0n) is 15.0. The van der Waals surface area contributed by atoms with Crippen LogP contribution in [0.15, 0.2) is 22.8 Å². The van der Waals surface area contributed by atoms with Crippen molar-refractivity contribution in [3.05, 3.63) is 29.5 Å². The van der Waals surface area contributed by atoms with Crippen molar-refractivity contribution in [2.75, 3.05) is 13.7 Å². The van der Waals surface area contributed by atoms with Gasteiger partial charge in [0, 0.05) is 29.7 Å². The molecular weight excluding hydrogens is 352 g/mol. The number of hydrogen-bond acceptors (Lipinski definition) is 7. The number of carbonyl (C=O) groups excluding carboxylic acids is 1. The van der Waals surface area contributed by atoms with Gasteiger partial charge in [-0.3, -0.25) is 4.79 Å². The lowest BCUT2D eigenvalue weighted by Gasteiger charge is -2.52. The largest absolute Gasteiger partial charge is 0.496 e. The molecular formula is C20H20O7. The van der Waals surface area contributed by atoms with Crippen LogP contribution >= 0.6 is 0 Å². The smallest absolute Gasteiger partial charge is 0.315 e. The zero-order valence-corrected chi connectivity index (χ0v) is 15.0. The Hall–Kier alpha value is -2.09. The zero-order chi connectivity index (χ0) is 18.8. The van der Waals surface area contributed by atoms with E-state index in [4.69, 9.17) is 18.6 Å². The van der Waals surface area contributed by atoms with Crippen molar-refractivity contribution in [3.63, 3.8) is 0 Å². The molecule has 0 unspecified atom stereocenters. The Labute approximate surface area is 154 Å². The third kappa shape index (κ3) is 1.52. The van der Waals surface area contributed by atoms with Crippen LogP contribution in [0.2, 0.25) is 0 Å². The summed E-state index contributed by atoms with van der Waals surface area (Å²) in [5, 5.41) is 22.8. The van der Waals surface area contributed by atoms with Gasteiger partial charge in [0.05, 0.1) is 25.4 Å². The quantitative estimate of drug-likeness (QED) is 0.728. The number of carbonyl (C=O) groups is 1. The highest BCUT2D eigenvalue weighted by atomic mass is 16.6. The number of rotatable bonds is 1. The van der Waals surface area contributed by atoms with Crippen LogP contribution in [-0.4, -0.2) is 47.9 Å². The second-order valence-corrected chi connectivity index (χ2v) is 8.55. The van der Waals surface area contributed by atoms with Crippen molar-refractivity contribution in [2.24, 2.45) is 11.3 Å². The van der Waals surface area contributed by atoms with Crippen LogP contribution < -0.4 is 4.74 Å². The van der Waals surface area contributed by atoms with Crippen molar-refractivity contribution >= 4 is 16.9 Å². The summed E-state index contributed by atoms with van der Waals surface area (Å²) in [7, 11) is 1.61. The molecule has 7 nitrogen and oxygen atoms in total. The molecule has 2 aromatic rings. The second-order valence-electron chi connectivity index (χ2n) is 8.55. The first-order valence-electron chi connectivity index (χ1n) is 9.18. The van der Waals surface area contributed by atoms with E-state index in [0.717, 1.165) is 16.5 Å². The Bertz CT molecular complexity index is 1010. The lowest BCUT2D eigenvalue weighted by atomic mass is 9.48. The topological polar surface area (TPSA) is 98.4 Å². The Morgan fingerprint density at radius 3 is 2.96 bits per heavy atom. The molecule has 1 aromatic heterocycles. The molecule has 2 saturated heterocycles. The van der Waals surface area contributed by atoms with E-state index in [2.05, 4.69) is 0 Å². The third-order valence-electron chi connectivity index (χ3n) is 7.42. The van der Waals surface area contributed by atoms with Gasteiger partial charge in [0.25, 0.3) is 0 Å². The Balaban J connectivity index is 1.70. The van der Waals surface area contributed by atoms with E-state index in [1.54, 1.807) is 20.3 Å². The molecule has 3 fully saturated rings. The van der Waals surface area contributed by atoms with Gasteiger partial charge in [-0.1, -0.05) is 0 Å². The van der Waals surface area contributed by atoms with Crippen LogP contribution in [0.4, 0.5) is 0 Å². The van der Waals surface area contributed by atoms with E-state index in [9.17, 15) is 15.0 Å². The predicted octanol–water partition coefficient (Wildman–Crippen LogP) is 1.27. The molecule has 7 heteroatoms. The van der Waals surface area contributed by atoms with Gasteiger partial charge in [0.15, 0.2) is 5.79 Å². The van der Waals surface area contributed by atoms with Crippen LogP contribution in [0.25, 0.3) is 11.0 Å². The third-order valence-corrected chi connectivity index (χ3v) is 7.42. The van der Waals surface area contributed by atoms with Gasteiger partial charge in [-0.15, -0.1) is 0 Å². The first-order chi connectivity index (χ1) is 12.8. The highest BCUT2D eigenvalue weighted by molar-refractivity contribution is 5.90. The first kappa shape index (κ1) is 15.9. The summed E-state index contributed by atoms with van der Waals surface area (Å²) in [5.41, 5.74) is 0.746. The van der Waals surface area contributed by atoms with Crippen molar-refractivity contribution in [3.8, 4) is 5.75 Å². The van der Waals surface area contributed by atoms with Crippen LogP contribution in [0, 0.1) is 11.3 Å². The monoisotopic (exact) mass is 372 g/mol. The van der Waals surface area contributed by atoms with Crippen molar-refractivity contribution in [2.45, 2.75) is 43.2 Å². The van der Waals surface area contributed by atoms with E-state index in [0.29, 0.717) is 17.8 Å². The van der Waals surface area contributed by atoms with Gasteiger partial charge < -0.3 is 28.8 Å². The lowest BCUT2D eigenvalue weighted by Crippen LogP contribution is -2.65. The molecule has 142 valence electrons. The van der Waals surface area contributed by atoms with Crippen LogP contribution in [0.3, 0.4) is 0 Å². The number of benzene rings is 1. The fraction of sp³-hybridized carbons (Fsp3) is 0.550. The standard InChI is InChI=1S/C20H20O7/c1-18-15-13(27-17(18)22)5-10-11(6-12(24-2)9-3-4-25-14(9)10)19(15)7-20(23,16(18)21)26-8-19/h3-4,6,13,15-16,21,23H,5,7-8H2,1-2H3/t13-,15+,16-,18-,19+,20+/m1/s1. The summed E-state index contributed by atoms with van der Waals surface area (Å²) in [6.45, 7) is 1.89. The van der Waals surface area contributed by atoms with Gasteiger partial charge in [0.1, 0.15) is 29.0 Å². The molecule has 6 atom stereocenters. The average molecular weight is 372 g/mol. The minimum absolute atomic E-state index is 0.205. The number of aliphatic hydroxyl groups is 2. The van der Waals surface area contributed by atoms with Crippen molar-refractivity contribution in [1.82, 2.24) is 0 Å². The molecule has 1 saturated carbocycles. The van der Waals surface area contributed by atoms with Crippen LogP contribution in [-0.2, 0) is 26.1 Å². The molecule has 1 spiro atoms. The van der Waals surface area contributed by atoms with Gasteiger partial charge in [-0.25, -0.2) is 0 Å². The van der Waals surface area contributed by atoms with Crippen molar-refractivity contribution in [1.29, 1.82) is 0 Å². The van der Waals surface area contributed by atoms with E-state index in [1.165, 1.54) is 0 Å². The number of fused-ring (bicyclic) bond motifs is 4. The Morgan fingerprint density at radius 1 is 1.37 bits per heavy atom. The average Bonchev–Trinajstić information content (AvgIpc) is 3.31. The SMILES string of the molecule is COc1cc2c(c3occc13)C[C@H]1OC(=O)[C@]3(C)[C@H]1[C@@]21CO[C@@](O)(C1)[C@@H]3O. The molecule has 0 radical (unpaired) electrons. The molecule has 3 heterocycles. The maximum atomic E-state index is 12.8. The highest BCUT2D eigenvalue weighted by Crippen LogP contribution is 2.67. The molecule has 27 heavy (non-hydrogen) atoms. The Kier molecular flexibility index (Phi) is 2.64. The molecule has 4 aliphatic rings. The first-order valence-corrected chi connectivity index (χ1v) is 9.18. The van der Waals surface area contributed by atoms with E-state index < -0.39 is 34.8 Å². The maximum absolute atomic E-state index is 12.8. The normalized spacial score (nSPS) is 44.1. The minimum Gasteiger partial charge on any atom is -0.496 e. The number of ether oxygens (including phenoxy) is 3. The maximum Gasteiger partial charge on any atom is 0.315 e. The summed E-state index contributed by atoms with van der Waals surface area (Å²) in [5.74, 6) is -1.87. The molecule has 2 bridgehead atoms. The summed E-state index contributed by atoms with van der Waals surface area (Å²) in [6, 6.07) is 3.83. The molecule has 2 aliphatic heterocycles. The molecule has 6 rings (SSSR count). The molecule has 1 aromatic carbocycles. The Morgan fingerprint density at radius 2 is 2.19 bits per heavy atom. The number of aliphatic hydroxyl groups excluding tert-OH is 1. The number of hydrogen-bond donors (Lipinski definition) is 2. The fourth-order valence-corrected chi connectivity index (χ4v) is 6.38. The van der Waals surface area contributed by atoms with E-state index in [1.807, 2.05) is 12.1 Å². The second kappa shape index (κ2) is 4.48. The molecule has 0 amide bonds. The number of furan rings is 1. The molecule has 2 aliphatic carbocycles. The number of esters is 1. The van der Waals surface area contributed by atoms with Crippen LogP contribution in [0.5, 0.6) is 5.75 Å². The predicted molar refractivity (Wildman–Crippen MR) is 91.2 cm³/mol. The van der Waals surface area contributed by atoms with Gasteiger partial charge in [-0.2, -0.15) is 0 Å². The summed E-state index contributed by atoms with van der Waals surface area (Å²) in [6.07, 6.45) is 0.601. The summed E-state index contributed by atoms with van der Waals surface area (Å²) < 4.78 is 22.9. The summed E-state index contributed by atoms with van der Waals surface area (Å²) in [4.78, 5) is 12.8.